The summed E-state index contributed by atoms with van der Waals surface area (Å²) < 4.78 is 24.1. The van der Waals surface area contributed by atoms with Crippen molar-refractivity contribution >= 4 is 22.2 Å². The highest BCUT2D eigenvalue weighted by atomic mass is 32.2. The van der Waals surface area contributed by atoms with Crippen LogP contribution in [0, 0.1) is 5.82 Å². The monoisotopic (exact) mass is 230 g/mol. The molecule has 0 radical (unpaired) electrons. The number of benzene rings is 1. The van der Waals surface area contributed by atoms with Gasteiger partial charge in [-0.05, 0) is 12.1 Å². The molecule has 0 aliphatic heterocycles. The second-order valence-corrected chi connectivity index (χ2v) is 4.93. The van der Waals surface area contributed by atoms with Crippen molar-refractivity contribution in [3.63, 3.8) is 0 Å². The van der Waals surface area contributed by atoms with Gasteiger partial charge < -0.3 is 11.1 Å². The van der Waals surface area contributed by atoms with Crippen LogP contribution in [0.3, 0.4) is 0 Å². The number of nitrogens with one attached hydrogen (secondary N) is 1. The Kier molecular flexibility index (Phi) is 4.55. The van der Waals surface area contributed by atoms with Gasteiger partial charge in [-0.1, -0.05) is 13.0 Å². The number of rotatable bonds is 5. The first-order chi connectivity index (χ1) is 7.15. The first-order valence-corrected chi connectivity index (χ1v) is 6.26. The van der Waals surface area contributed by atoms with Crippen LogP contribution in [0.1, 0.15) is 6.92 Å². The summed E-state index contributed by atoms with van der Waals surface area (Å²) in [6.45, 7) is 2.40. The van der Waals surface area contributed by atoms with E-state index in [1.54, 1.807) is 12.1 Å². The molecule has 0 heterocycles. The van der Waals surface area contributed by atoms with E-state index >= 15 is 0 Å². The number of nitrogen functional groups attached to an aromatic ring is 1. The largest absolute Gasteiger partial charge is 0.395 e. The zero-order chi connectivity index (χ0) is 11.3. The van der Waals surface area contributed by atoms with Crippen LogP contribution in [0.25, 0.3) is 0 Å². The maximum Gasteiger partial charge on any atom is 0.148 e. The molecule has 15 heavy (non-hydrogen) atoms. The van der Waals surface area contributed by atoms with Crippen LogP contribution in [-0.2, 0) is 10.8 Å². The number of hydrogen-bond acceptors (Lipinski definition) is 3. The number of nitrogens with two attached hydrogens (primary N) is 1. The molecule has 1 aromatic rings. The molecule has 0 saturated carbocycles. The van der Waals surface area contributed by atoms with Crippen LogP contribution in [0.2, 0.25) is 0 Å². The van der Waals surface area contributed by atoms with Gasteiger partial charge in [0.1, 0.15) is 5.82 Å². The van der Waals surface area contributed by atoms with Gasteiger partial charge in [0.05, 0.1) is 11.4 Å². The number of halogens is 1. The summed E-state index contributed by atoms with van der Waals surface area (Å²) >= 11 is 0. The van der Waals surface area contributed by atoms with E-state index in [-0.39, 0.29) is 5.69 Å². The summed E-state index contributed by atoms with van der Waals surface area (Å²) in [6.07, 6.45) is 0. The van der Waals surface area contributed by atoms with Crippen molar-refractivity contribution in [3.8, 4) is 0 Å². The van der Waals surface area contributed by atoms with Crippen molar-refractivity contribution in [2.45, 2.75) is 6.92 Å². The molecule has 0 aliphatic carbocycles. The molecule has 0 fully saturated rings. The van der Waals surface area contributed by atoms with E-state index in [0.717, 1.165) is 0 Å². The van der Waals surface area contributed by atoms with Crippen molar-refractivity contribution in [2.24, 2.45) is 0 Å². The van der Waals surface area contributed by atoms with Crippen LogP contribution < -0.4 is 11.1 Å². The highest BCUT2D eigenvalue weighted by molar-refractivity contribution is 7.84. The summed E-state index contributed by atoms with van der Waals surface area (Å²) in [5, 5.41) is 2.96. The van der Waals surface area contributed by atoms with Crippen molar-refractivity contribution in [1.82, 2.24) is 0 Å². The Morgan fingerprint density at radius 2 is 2.27 bits per heavy atom. The number of para-hydroxylation sites is 1. The lowest BCUT2D eigenvalue weighted by Gasteiger charge is -2.08. The molecule has 1 rings (SSSR count). The lowest BCUT2D eigenvalue weighted by Crippen LogP contribution is -2.13. The molecule has 0 spiro atoms. The first kappa shape index (κ1) is 12.0. The van der Waals surface area contributed by atoms with Gasteiger partial charge in [-0.15, -0.1) is 0 Å². The van der Waals surface area contributed by atoms with Gasteiger partial charge in [0.2, 0.25) is 0 Å². The topological polar surface area (TPSA) is 55.1 Å². The zero-order valence-corrected chi connectivity index (χ0v) is 9.44. The fourth-order valence-electron chi connectivity index (χ4n) is 1.14. The summed E-state index contributed by atoms with van der Waals surface area (Å²) in [5.41, 5.74) is 6.19. The van der Waals surface area contributed by atoms with Gasteiger partial charge in [-0.2, -0.15) is 0 Å². The van der Waals surface area contributed by atoms with Crippen LogP contribution in [0.5, 0.6) is 0 Å². The van der Waals surface area contributed by atoms with E-state index in [1.165, 1.54) is 6.07 Å². The Morgan fingerprint density at radius 3 is 2.93 bits per heavy atom. The van der Waals surface area contributed by atoms with E-state index < -0.39 is 16.6 Å². The lowest BCUT2D eigenvalue weighted by molar-refractivity contribution is 0.633. The van der Waals surface area contributed by atoms with Crippen LogP contribution in [0.15, 0.2) is 18.2 Å². The molecule has 0 bridgehead atoms. The first-order valence-electron chi connectivity index (χ1n) is 4.78. The Morgan fingerprint density at radius 1 is 1.53 bits per heavy atom. The third-order valence-corrected chi connectivity index (χ3v) is 3.32. The normalized spacial score (nSPS) is 12.4. The summed E-state index contributed by atoms with van der Waals surface area (Å²) in [7, 11) is -0.810. The van der Waals surface area contributed by atoms with Gasteiger partial charge in [-0.3, -0.25) is 4.21 Å². The van der Waals surface area contributed by atoms with Crippen LogP contribution >= 0.6 is 0 Å². The van der Waals surface area contributed by atoms with Crippen LogP contribution in [0.4, 0.5) is 15.8 Å². The maximum atomic E-state index is 13.0. The Bertz CT molecular complexity index is 357. The second-order valence-electron chi connectivity index (χ2n) is 3.06. The molecule has 0 saturated heterocycles. The summed E-state index contributed by atoms with van der Waals surface area (Å²) in [6, 6.07) is 4.60. The zero-order valence-electron chi connectivity index (χ0n) is 8.63. The number of hydrogen-bond donors (Lipinski definition) is 2. The van der Waals surface area contributed by atoms with Crippen molar-refractivity contribution < 1.29 is 8.60 Å². The predicted molar refractivity (Wildman–Crippen MR) is 62.9 cm³/mol. The summed E-state index contributed by atoms with van der Waals surface area (Å²) in [4.78, 5) is 0. The molecule has 0 aliphatic rings. The van der Waals surface area contributed by atoms with Gasteiger partial charge in [0, 0.05) is 28.9 Å². The molecular formula is C10H15FN2OS. The Labute approximate surface area is 91.3 Å². The lowest BCUT2D eigenvalue weighted by atomic mass is 10.2. The maximum absolute atomic E-state index is 13.0. The predicted octanol–water partition coefficient (Wildman–Crippen LogP) is 1.59. The molecule has 84 valence electrons. The molecule has 0 amide bonds. The molecule has 1 unspecified atom stereocenters. The molecular weight excluding hydrogens is 215 g/mol. The van der Waals surface area contributed by atoms with E-state index in [2.05, 4.69) is 5.32 Å². The molecule has 3 N–H and O–H groups in total. The van der Waals surface area contributed by atoms with Gasteiger partial charge in [0.25, 0.3) is 0 Å². The average Bonchev–Trinajstić information content (AvgIpc) is 2.24. The Balaban J connectivity index is 2.51. The minimum Gasteiger partial charge on any atom is -0.395 e. The molecule has 1 atom stereocenters. The van der Waals surface area contributed by atoms with Gasteiger partial charge >= 0.3 is 0 Å². The minimum absolute atomic E-state index is 0.111. The second kappa shape index (κ2) is 5.70. The van der Waals surface area contributed by atoms with E-state index in [9.17, 15) is 8.60 Å². The Hall–Kier alpha value is -1.10. The third kappa shape index (κ3) is 3.51. The van der Waals surface area contributed by atoms with Gasteiger partial charge in [0.15, 0.2) is 0 Å². The average molecular weight is 230 g/mol. The van der Waals surface area contributed by atoms with Crippen molar-refractivity contribution in [2.75, 3.05) is 29.1 Å². The standard InChI is InChI=1S/C10H15FN2OS/c1-2-15(14)7-6-13-9-5-3-4-8(11)10(9)12/h3-5,13H,2,6-7,12H2,1H3. The molecule has 5 heteroatoms. The van der Waals surface area contributed by atoms with E-state index in [0.29, 0.717) is 23.7 Å². The quantitative estimate of drug-likeness (QED) is 0.755. The molecule has 1 aromatic carbocycles. The van der Waals surface area contributed by atoms with E-state index in [4.69, 9.17) is 5.73 Å². The van der Waals surface area contributed by atoms with Crippen molar-refractivity contribution in [1.29, 1.82) is 0 Å². The molecule has 3 nitrogen and oxygen atoms in total. The smallest absolute Gasteiger partial charge is 0.148 e. The fraction of sp³-hybridized carbons (Fsp3) is 0.400. The fourth-order valence-corrected chi connectivity index (χ4v) is 1.75. The van der Waals surface area contributed by atoms with E-state index in [1.807, 2.05) is 6.92 Å². The SMILES string of the molecule is CCS(=O)CCNc1cccc(F)c1N. The molecule has 0 aromatic heterocycles. The summed E-state index contributed by atoms with van der Waals surface area (Å²) in [5.74, 6) is 0.754. The van der Waals surface area contributed by atoms with Gasteiger partial charge in [-0.25, -0.2) is 4.39 Å². The third-order valence-electron chi connectivity index (χ3n) is 2.02. The van der Waals surface area contributed by atoms with Crippen molar-refractivity contribution in [3.05, 3.63) is 24.0 Å². The highest BCUT2D eigenvalue weighted by Crippen LogP contribution is 2.20. The van der Waals surface area contributed by atoms with Crippen LogP contribution in [-0.4, -0.2) is 22.3 Å². The number of anilines is 2. The minimum atomic E-state index is -0.810. The highest BCUT2D eigenvalue weighted by Gasteiger charge is 2.03.